The number of hydrogen-bond acceptors (Lipinski definition) is 4. The van der Waals surface area contributed by atoms with E-state index in [0.717, 1.165) is 30.0 Å². The summed E-state index contributed by atoms with van der Waals surface area (Å²) in [6.07, 6.45) is 1.79. The zero-order chi connectivity index (χ0) is 11.7. The Labute approximate surface area is 99.5 Å². The van der Waals surface area contributed by atoms with Crippen molar-refractivity contribution in [3.8, 4) is 0 Å². The summed E-state index contributed by atoms with van der Waals surface area (Å²) in [6, 6.07) is 0.472. The molecule has 2 atom stereocenters. The highest BCUT2D eigenvalue weighted by atomic mass is 32.1. The van der Waals surface area contributed by atoms with Crippen LogP contribution in [0, 0.1) is 6.92 Å². The summed E-state index contributed by atoms with van der Waals surface area (Å²) in [6.45, 7) is 4.70. The van der Waals surface area contributed by atoms with E-state index < -0.39 is 0 Å². The molecule has 16 heavy (non-hydrogen) atoms. The highest BCUT2D eigenvalue weighted by Gasteiger charge is 2.29. The second-order valence-corrected chi connectivity index (χ2v) is 5.25. The van der Waals surface area contributed by atoms with E-state index in [-0.39, 0.29) is 18.0 Å². The number of amides is 1. The number of likely N-dealkylation sites (tertiary alicyclic amines) is 1. The number of thiazole rings is 1. The minimum atomic E-state index is 0.111. The lowest BCUT2D eigenvalue weighted by atomic mass is 9.99. The number of aromatic nitrogens is 1. The molecule has 0 aliphatic carbocycles. The summed E-state index contributed by atoms with van der Waals surface area (Å²) in [5.41, 5.74) is 8.44. The Bertz CT molecular complexity index is 390. The Morgan fingerprint density at radius 2 is 2.44 bits per heavy atom. The van der Waals surface area contributed by atoms with Crippen LogP contribution in [0.5, 0.6) is 0 Å². The fourth-order valence-electron chi connectivity index (χ4n) is 2.15. The molecule has 2 heterocycles. The Balaban J connectivity index is 2.14. The van der Waals surface area contributed by atoms with Crippen molar-refractivity contribution in [2.75, 3.05) is 6.54 Å². The van der Waals surface area contributed by atoms with Crippen LogP contribution in [0.1, 0.15) is 35.1 Å². The molecule has 2 unspecified atom stereocenters. The van der Waals surface area contributed by atoms with Gasteiger partial charge in [-0.1, -0.05) is 0 Å². The molecule has 2 N–H and O–H groups in total. The van der Waals surface area contributed by atoms with Crippen LogP contribution >= 0.6 is 11.3 Å². The maximum Gasteiger partial charge on any atom is 0.266 e. The molecule has 1 aliphatic heterocycles. The van der Waals surface area contributed by atoms with Gasteiger partial charge in [0.2, 0.25) is 0 Å². The summed E-state index contributed by atoms with van der Waals surface area (Å²) in [4.78, 5) is 19.1. The second kappa shape index (κ2) is 4.51. The first-order valence-electron chi connectivity index (χ1n) is 5.56. The molecule has 0 bridgehead atoms. The summed E-state index contributed by atoms with van der Waals surface area (Å²) in [5, 5.41) is 0. The average Bonchev–Trinajstić information content (AvgIpc) is 2.63. The number of piperidine rings is 1. The minimum absolute atomic E-state index is 0.111. The van der Waals surface area contributed by atoms with Crippen molar-refractivity contribution in [2.45, 2.75) is 38.8 Å². The quantitative estimate of drug-likeness (QED) is 0.806. The Morgan fingerprint density at radius 1 is 1.69 bits per heavy atom. The standard InChI is InChI=1S/C11H17N3OS/c1-7-5-9(12)3-4-14(7)11(15)10-8(2)13-6-16-10/h6-7,9H,3-5,12H2,1-2H3. The highest BCUT2D eigenvalue weighted by Crippen LogP contribution is 2.22. The highest BCUT2D eigenvalue weighted by molar-refractivity contribution is 7.11. The summed E-state index contributed by atoms with van der Waals surface area (Å²) >= 11 is 1.42. The van der Waals surface area contributed by atoms with Gasteiger partial charge in [-0.05, 0) is 26.7 Å². The van der Waals surface area contributed by atoms with Gasteiger partial charge in [0.25, 0.3) is 5.91 Å². The topological polar surface area (TPSA) is 59.2 Å². The van der Waals surface area contributed by atoms with Gasteiger partial charge in [0.1, 0.15) is 4.88 Å². The molecule has 0 spiro atoms. The van der Waals surface area contributed by atoms with Crippen LogP contribution in [0.25, 0.3) is 0 Å². The van der Waals surface area contributed by atoms with Crippen LogP contribution in [-0.2, 0) is 0 Å². The van der Waals surface area contributed by atoms with Gasteiger partial charge in [0.05, 0.1) is 11.2 Å². The SMILES string of the molecule is Cc1ncsc1C(=O)N1CCC(N)CC1C. The van der Waals surface area contributed by atoms with E-state index in [1.807, 2.05) is 11.8 Å². The molecule has 5 heteroatoms. The predicted octanol–water partition coefficient (Wildman–Crippen LogP) is 1.40. The molecule has 1 aliphatic rings. The van der Waals surface area contributed by atoms with Gasteiger partial charge >= 0.3 is 0 Å². The van der Waals surface area contributed by atoms with E-state index in [9.17, 15) is 4.79 Å². The predicted molar refractivity (Wildman–Crippen MR) is 64.6 cm³/mol. The molecule has 0 radical (unpaired) electrons. The fourth-order valence-corrected chi connectivity index (χ4v) is 2.91. The number of carbonyl (C=O) groups is 1. The zero-order valence-corrected chi connectivity index (χ0v) is 10.5. The average molecular weight is 239 g/mol. The molecule has 1 aromatic rings. The van der Waals surface area contributed by atoms with Crippen molar-refractivity contribution in [1.29, 1.82) is 0 Å². The van der Waals surface area contributed by atoms with Gasteiger partial charge in [-0.2, -0.15) is 0 Å². The summed E-state index contributed by atoms with van der Waals surface area (Å²) in [7, 11) is 0. The molecule has 2 rings (SSSR count). The number of carbonyl (C=O) groups excluding carboxylic acids is 1. The van der Waals surface area contributed by atoms with Crippen molar-refractivity contribution in [2.24, 2.45) is 5.73 Å². The van der Waals surface area contributed by atoms with Crippen molar-refractivity contribution in [3.05, 3.63) is 16.1 Å². The molecule has 1 aromatic heterocycles. The number of nitrogens with two attached hydrogens (primary N) is 1. The lowest BCUT2D eigenvalue weighted by Crippen LogP contribution is -2.48. The van der Waals surface area contributed by atoms with Crippen molar-refractivity contribution >= 4 is 17.2 Å². The summed E-state index contributed by atoms with van der Waals surface area (Å²) in [5.74, 6) is 0.111. The molecular formula is C11H17N3OS. The first-order chi connectivity index (χ1) is 7.59. The van der Waals surface area contributed by atoms with E-state index >= 15 is 0 Å². The van der Waals surface area contributed by atoms with Crippen molar-refractivity contribution in [1.82, 2.24) is 9.88 Å². The van der Waals surface area contributed by atoms with Crippen LogP contribution in [0.15, 0.2) is 5.51 Å². The molecular weight excluding hydrogens is 222 g/mol. The van der Waals surface area contributed by atoms with E-state index in [2.05, 4.69) is 11.9 Å². The number of hydrogen-bond donors (Lipinski definition) is 1. The van der Waals surface area contributed by atoms with Crippen LogP contribution in [0.2, 0.25) is 0 Å². The minimum Gasteiger partial charge on any atom is -0.335 e. The van der Waals surface area contributed by atoms with Crippen LogP contribution < -0.4 is 5.73 Å². The zero-order valence-electron chi connectivity index (χ0n) is 9.64. The Morgan fingerprint density at radius 3 is 3.00 bits per heavy atom. The van der Waals surface area contributed by atoms with Crippen molar-refractivity contribution in [3.63, 3.8) is 0 Å². The van der Waals surface area contributed by atoms with Gasteiger partial charge in [-0.3, -0.25) is 4.79 Å². The molecule has 0 aromatic carbocycles. The van der Waals surface area contributed by atoms with E-state index in [0.29, 0.717) is 0 Å². The lowest BCUT2D eigenvalue weighted by molar-refractivity contribution is 0.0623. The molecule has 4 nitrogen and oxygen atoms in total. The third-order valence-corrected chi connectivity index (χ3v) is 4.03. The van der Waals surface area contributed by atoms with E-state index in [1.165, 1.54) is 11.3 Å². The first-order valence-corrected chi connectivity index (χ1v) is 6.44. The maximum absolute atomic E-state index is 12.3. The molecule has 88 valence electrons. The first kappa shape index (κ1) is 11.5. The number of rotatable bonds is 1. The maximum atomic E-state index is 12.3. The normalized spacial score (nSPS) is 25.8. The largest absolute Gasteiger partial charge is 0.335 e. The number of nitrogens with zero attached hydrogens (tertiary/aromatic N) is 2. The van der Waals surface area contributed by atoms with Gasteiger partial charge in [0.15, 0.2) is 0 Å². The van der Waals surface area contributed by atoms with Crippen LogP contribution in [0.3, 0.4) is 0 Å². The molecule has 1 fully saturated rings. The monoisotopic (exact) mass is 239 g/mol. The molecule has 1 saturated heterocycles. The van der Waals surface area contributed by atoms with Crippen LogP contribution in [0.4, 0.5) is 0 Å². The molecule has 1 amide bonds. The number of aryl methyl sites for hydroxylation is 1. The third-order valence-electron chi connectivity index (χ3n) is 3.12. The van der Waals surface area contributed by atoms with Crippen LogP contribution in [-0.4, -0.2) is 34.4 Å². The lowest BCUT2D eigenvalue weighted by Gasteiger charge is -2.36. The smallest absolute Gasteiger partial charge is 0.266 e. The van der Waals surface area contributed by atoms with Gasteiger partial charge < -0.3 is 10.6 Å². The third kappa shape index (κ3) is 2.10. The van der Waals surface area contributed by atoms with Gasteiger partial charge in [-0.25, -0.2) is 4.98 Å². The van der Waals surface area contributed by atoms with Crippen molar-refractivity contribution < 1.29 is 4.79 Å². The van der Waals surface area contributed by atoms with Gasteiger partial charge in [-0.15, -0.1) is 11.3 Å². The fraction of sp³-hybridized carbons (Fsp3) is 0.636. The Kier molecular flexibility index (Phi) is 3.25. The van der Waals surface area contributed by atoms with E-state index in [1.54, 1.807) is 5.51 Å². The summed E-state index contributed by atoms with van der Waals surface area (Å²) < 4.78 is 0. The van der Waals surface area contributed by atoms with E-state index in [4.69, 9.17) is 5.73 Å². The molecule has 0 saturated carbocycles. The van der Waals surface area contributed by atoms with Gasteiger partial charge in [0, 0.05) is 18.6 Å². The Hall–Kier alpha value is -0.940. The second-order valence-electron chi connectivity index (χ2n) is 4.40.